The smallest absolute Gasteiger partial charge is 0.177 e. The molecule has 3 unspecified atom stereocenters. The Morgan fingerprint density at radius 2 is 1.82 bits per heavy atom. The lowest BCUT2D eigenvalue weighted by Gasteiger charge is -2.20. The first-order valence-corrected chi connectivity index (χ1v) is 13.7. The number of hydrogen-bond donors (Lipinski definition) is 1. The van der Waals surface area contributed by atoms with Crippen molar-refractivity contribution in [3.05, 3.63) is 83.2 Å². The summed E-state index contributed by atoms with van der Waals surface area (Å²) in [6, 6.07) is 17.3. The maximum atomic E-state index is 14.5. The Kier molecular flexibility index (Phi) is 9.14. The Hall–Kier alpha value is -3.27. The predicted molar refractivity (Wildman–Crippen MR) is 146 cm³/mol. The summed E-state index contributed by atoms with van der Waals surface area (Å²) < 4.78 is 44.4. The number of Topliss-reactive ketones (excluding diaryl/α,β-unsaturated/α-hetero) is 1. The summed E-state index contributed by atoms with van der Waals surface area (Å²) in [5.41, 5.74) is 2.90. The van der Waals surface area contributed by atoms with Crippen LogP contribution in [0.4, 0.5) is 10.1 Å². The van der Waals surface area contributed by atoms with E-state index in [9.17, 15) is 13.4 Å². The molecule has 1 saturated heterocycles. The maximum Gasteiger partial charge on any atom is 0.177 e. The van der Waals surface area contributed by atoms with Gasteiger partial charge in [-0.3, -0.25) is 13.9 Å². The fourth-order valence-electron chi connectivity index (χ4n) is 4.53. The van der Waals surface area contributed by atoms with E-state index in [2.05, 4.69) is 5.32 Å². The molecule has 0 radical (unpaired) electrons. The number of para-hydroxylation sites is 1. The molecule has 1 heterocycles. The van der Waals surface area contributed by atoms with Crippen LogP contribution in [-0.4, -0.2) is 66.8 Å². The van der Waals surface area contributed by atoms with E-state index >= 15 is 0 Å². The lowest BCUT2D eigenvalue weighted by atomic mass is 10.0. The van der Waals surface area contributed by atoms with E-state index in [0.29, 0.717) is 29.5 Å². The van der Waals surface area contributed by atoms with Crippen molar-refractivity contribution >= 4 is 22.3 Å². The van der Waals surface area contributed by atoms with Gasteiger partial charge in [0.05, 0.1) is 40.9 Å². The fourth-order valence-corrected chi connectivity index (χ4v) is 5.58. The number of nitrogens with one attached hydrogen (secondary N) is 1. The average molecular weight is 541 g/mol. The third-order valence-electron chi connectivity index (χ3n) is 6.59. The predicted octanol–water partition coefficient (Wildman–Crippen LogP) is 4.59. The Balaban J connectivity index is 1.40. The summed E-state index contributed by atoms with van der Waals surface area (Å²) in [6.07, 6.45) is -0.589. The molecular weight excluding hydrogens is 507 g/mol. The molecule has 0 spiro atoms. The molecule has 3 aromatic carbocycles. The van der Waals surface area contributed by atoms with Crippen molar-refractivity contribution in [3.8, 4) is 11.5 Å². The van der Waals surface area contributed by atoms with E-state index in [4.69, 9.17) is 14.2 Å². The highest BCUT2D eigenvalue weighted by Crippen LogP contribution is 2.27. The second kappa shape index (κ2) is 12.5. The first kappa shape index (κ1) is 27.8. The van der Waals surface area contributed by atoms with Crippen molar-refractivity contribution in [2.24, 2.45) is 0 Å². The average Bonchev–Trinajstić information content (AvgIpc) is 3.30. The number of likely N-dealkylation sites (tertiary alicyclic amines) is 1. The van der Waals surface area contributed by atoms with Crippen LogP contribution >= 0.6 is 0 Å². The number of anilines is 1. The van der Waals surface area contributed by atoms with Crippen molar-refractivity contribution < 1.29 is 27.6 Å². The number of carbonyl (C=O) groups is 1. The molecule has 3 aromatic rings. The summed E-state index contributed by atoms with van der Waals surface area (Å²) in [4.78, 5) is 15.5. The normalized spacial score (nSPS) is 18.2. The number of rotatable bonds is 11. The number of benzene rings is 3. The van der Waals surface area contributed by atoms with Crippen LogP contribution in [0.3, 0.4) is 0 Å². The van der Waals surface area contributed by atoms with Crippen molar-refractivity contribution in [2.45, 2.75) is 31.0 Å². The zero-order valence-corrected chi connectivity index (χ0v) is 22.8. The second-order valence-corrected chi connectivity index (χ2v) is 10.7. The summed E-state index contributed by atoms with van der Waals surface area (Å²) in [5, 5.41) is 2.92. The van der Waals surface area contributed by atoms with E-state index in [1.165, 1.54) is 13.2 Å². The largest absolute Gasteiger partial charge is 0.495 e. The molecule has 0 aromatic heterocycles. The molecular formula is C29H33FN2O5S. The van der Waals surface area contributed by atoms with E-state index < -0.39 is 16.6 Å². The lowest BCUT2D eigenvalue weighted by Crippen LogP contribution is -2.31. The molecule has 0 aliphatic carbocycles. The number of halogens is 1. The van der Waals surface area contributed by atoms with E-state index in [1.807, 2.05) is 36.9 Å². The third-order valence-corrected chi connectivity index (χ3v) is 7.82. The van der Waals surface area contributed by atoms with Gasteiger partial charge < -0.3 is 19.5 Å². The number of aryl methyl sites for hydroxylation is 2. The molecule has 0 bridgehead atoms. The molecule has 1 fully saturated rings. The van der Waals surface area contributed by atoms with Crippen molar-refractivity contribution in [3.63, 3.8) is 0 Å². The number of nitrogens with zero attached hydrogens (tertiary/aromatic N) is 1. The van der Waals surface area contributed by atoms with Gasteiger partial charge in [-0.15, -0.1) is 0 Å². The van der Waals surface area contributed by atoms with Crippen LogP contribution in [-0.2, 0) is 15.5 Å². The molecule has 1 aliphatic rings. The summed E-state index contributed by atoms with van der Waals surface area (Å²) in [5.74, 6) is 0.534. The van der Waals surface area contributed by atoms with Crippen LogP contribution in [0.15, 0.2) is 65.6 Å². The molecule has 9 heteroatoms. The van der Waals surface area contributed by atoms with E-state index in [0.717, 1.165) is 16.7 Å². The molecule has 4 rings (SSSR count). The molecule has 38 heavy (non-hydrogen) atoms. The van der Waals surface area contributed by atoms with Crippen molar-refractivity contribution in [2.75, 3.05) is 45.0 Å². The van der Waals surface area contributed by atoms with Gasteiger partial charge in [0.2, 0.25) is 0 Å². The third kappa shape index (κ3) is 6.59. The number of carbonyl (C=O) groups excluding carboxylic acids is 1. The van der Waals surface area contributed by atoms with Gasteiger partial charge in [-0.1, -0.05) is 29.8 Å². The van der Waals surface area contributed by atoms with Gasteiger partial charge in [-0.25, -0.2) is 4.39 Å². The first-order valence-electron chi connectivity index (χ1n) is 12.4. The molecule has 1 N–H and O–H groups in total. The highest BCUT2D eigenvalue weighted by atomic mass is 32.2. The van der Waals surface area contributed by atoms with Crippen LogP contribution in [0.25, 0.3) is 0 Å². The van der Waals surface area contributed by atoms with Crippen LogP contribution in [0.2, 0.25) is 0 Å². The van der Waals surface area contributed by atoms with Crippen LogP contribution in [0.1, 0.15) is 21.5 Å². The minimum Gasteiger partial charge on any atom is -0.495 e. The van der Waals surface area contributed by atoms with Crippen LogP contribution in [0, 0.1) is 19.7 Å². The standard InChI is InChI=1S/C29H33FN2O5S/c1-19-9-10-20(2)22(13-19)25(33)15-32-16-27(36-4)28(17-32)37-21-11-12-23(30)24(14-21)31-18-38(34)29-8-6-5-7-26(29)35-3/h5-14,27-28,31H,15-18H2,1-4H3. The molecule has 3 atom stereocenters. The van der Waals surface area contributed by atoms with Gasteiger partial charge in [-0.05, 0) is 49.7 Å². The Morgan fingerprint density at radius 3 is 2.58 bits per heavy atom. The summed E-state index contributed by atoms with van der Waals surface area (Å²) >= 11 is 0. The topological polar surface area (TPSA) is 77.1 Å². The lowest BCUT2D eigenvalue weighted by molar-refractivity contribution is 0.0341. The minimum atomic E-state index is -1.45. The molecule has 0 amide bonds. The maximum absolute atomic E-state index is 14.5. The highest BCUT2D eigenvalue weighted by Gasteiger charge is 2.35. The molecule has 202 valence electrons. The number of ketones is 1. The highest BCUT2D eigenvalue weighted by molar-refractivity contribution is 7.85. The quantitative estimate of drug-likeness (QED) is 0.357. The van der Waals surface area contributed by atoms with E-state index in [1.54, 1.807) is 43.5 Å². The van der Waals surface area contributed by atoms with Gasteiger partial charge >= 0.3 is 0 Å². The van der Waals surface area contributed by atoms with E-state index in [-0.39, 0.29) is 36.1 Å². The summed E-state index contributed by atoms with van der Waals surface area (Å²) in [6.45, 7) is 5.20. The zero-order chi connectivity index (χ0) is 27.2. The fraction of sp³-hybridized carbons (Fsp3) is 0.345. The minimum absolute atomic E-state index is 0.000855. The van der Waals surface area contributed by atoms with Crippen LogP contribution in [0.5, 0.6) is 11.5 Å². The Bertz CT molecular complexity index is 1320. The summed E-state index contributed by atoms with van der Waals surface area (Å²) in [7, 11) is 1.67. The zero-order valence-electron chi connectivity index (χ0n) is 22.0. The SMILES string of the molecule is COc1ccccc1S(=O)CNc1cc(OC2CN(CC(=O)c3cc(C)ccc3C)CC2OC)ccc1F. The second-order valence-electron chi connectivity index (χ2n) is 9.33. The molecule has 7 nitrogen and oxygen atoms in total. The van der Waals surface area contributed by atoms with Crippen molar-refractivity contribution in [1.29, 1.82) is 0 Å². The Labute approximate surface area is 225 Å². The van der Waals surface area contributed by atoms with Crippen LogP contribution < -0.4 is 14.8 Å². The Morgan fingerprint density at radius 1 is 1.05 bits per heavy atom. The molecule has 1 aliphatic heterocycles. The van der Waals surface area contributed by atoms with Gasteiger partial charge in [0.15, 0.2) is 5.78 Å². The van der Waals surface area contributed by atoms with Gasteiger partial charge in [0.1, 0.15) is 29.5 Å². The van der Waals surface area contributed by atoms with Gasteiger partial charge in [0, 0.05) is 31.8 Å². The monoisotopic (exact) mass is 540 g/mol. The van der Waals surface area contributed by atoms with Gasteiger partial charge in [0.25, 0.3) is 0 Å². The molecule has 0 saturated carbocycles. The number of ether oxygens (including phenoxy) is 3. The number of hydrogen-bond acceptors (Lipinski definition) is 7. The van der Waals surface area contributed by atoms with Gasteiger partial charge in [-0.2, -0.15) is 0 Å². The number of methoxy groups -OCH3 is 2. The first-order chi connectivity index (χ1) is 18.3. The van der Waals surface area contributed by atoms with Crippen molar-refractivity contribution in [1.82, 2.24) is 4.90 Å².